The summed E-state index contributed by atoms with van der Waals surface area (Å²) in [6, 6.07) is 14.5. The maximum absolute atomic E-state index is 12.2. The molecule has 5 nitrogen and oxygen atoms in total. The van der Waals surface area contributed by atoms with Gasteiger partial charge in [-0.3, -0.25) is 9.59 Å². The third-order valence-corrected chi connectivity index (χ3v) is 3.72. The number of hydrogen-bond acceptors (Lipinski definition) is 3. The maximum atomic E-state index is 12.2. The topological polar surface area (TPSA) is 75.6 Å². The number of benzene rings is 2. The van der Waals surface area contributed by atoms with Gasteiger partial charge in [0.15, 0.2) is 0 Å². The number of carbonyl (C=O) groups is 2. The fourth-order valence-electron chi connectivity index (χ4n) is 2.49. The highest BCUT2D eigenvalue weighted by Gasteiger charge is 2.12. The quantitative estimate of drug-likeness (QED) is 0.816. The van der Waals surface area contributed by atoms with Gasteiger partial charge in [-0.1, -0.05) is 31.2 Å². The van der Waals surface area contributed by atoms with Crippen molar-refractivity contribution >= 4 is 17.6 Å². The normalized spacial score (nSPS) is 11.6. The molecule has 0 saturated carbocycles. The van der Waals surface area contributed by atoms with Gasteiger partial charge in [0.2, 0.25) is 5.91 Å². The van der Waals surface area contributed by atoms with Gasteiger partial charge < -0.3 is 15.2 Å². The molecule has 1 amide bonds. The molecule has 0 spiro atoms. The number of nitrogens with one attached hydrogen (secondary N) is 1. The molecule has 2 rings (SSSR count). The van der Waals surface area contributed by atoms with Crippen LogP contribution in [0.5, 0.6) is 5.75 Å². The zero-order chi connectivity index (χ0) is 17.5. The lowest BCUT2D eigenvalue weighted by atomic mass is 9.97. The smallest absolute Gasteiger partial charge is 0.307 e. The minimum absolute atomic E-state index is 0.0438. The number of methoxy groups -OCH3 is 1. The molecule has 0 saturated heterocycles. The second-order valence-corrected chi connectivity index (χ2v) is 5.70. The fraction of sp³-hybridized carbons (Fsp3) is 0.263. The van der Waals surface area contributed by atoms with E-state index in [2.05, 4.69) is 5.32 Å². The van der Waals surface area contributed by atoms with Crippen LogP contribution < -0.4 is 10.1 Å². The largest absolute Gasteiger partial charge is 0.497 e. The number of carbonyl (C=O) groups excluding carboxylic acids is 1. The summed E-state index contributed by atoms with van der Waals surface area (Å²) >= 11 is 0. The number of hydrogen-bond donors (Lipinski definition) is 2. The van der Waals surface area contributed by atoms with E-state index < -0.39 is 5.97 Å². The van der Waals surface area contributed by atoms with E-state index in [1.54, 1.807) is 31.4 Å². The van der Waals surface area contributed by atoms with E-state index >= 15 is 0 Å². The Hall–Kier alpha value is -2.82. The van der Waals surface area contributed by atoms with Crippen LogP contribution in [0.3, 0.4) is 0 Å². The second kappa shape index (κ2) is 8.15. The second-order valence-electron chi connectivity index (χ2n) is 5.70. The van der Waals surface area contributed by atoms with Crippen LogP contribution in [0.1, 0.15) is 30.4 Å². The van der Waals surface area contributed by atoms with Crippen LogP contribution in [0.15, 0.2) is 48.5 Å². The van der Waals surface area contributed by atoms with E-state index in [4.69, 9.17) is 9.84 Å². The summed E-state index contributed by atoms with van der Waals surface area (Å²) in [7, 11) is 1.61. The van der Waals surface area contributed by atoms with Crippen molar-refractivity contribution in [1.29, 1.82) is 0 Å². The van der Waals surface area contributed by atoms with E-state index in [1.807, 2.05) is 31.2 Å². The maximum Gasteiger partial charge on any atom is 0.307 e. The Kier molecular flexibility index (Phi) is 5.95. The van der Waals surface area contributed by atoms with Gasteiger partial charge in [0.1, 0.15) is 5.75 Å². The van der Waals surface area contributed by atoms with Gasteiger partial charge in [-0.15, -0.1) is 0 Å². The fourth-order valence-corrected chi connectivity index (χ4v) is 2.49. The van der Waals surface area contributed by atoms with Gasteiger partial charge in [-0.05, 0) is 41.3 Å². The van der Waals surface area contributed by atoms with Gasteiger partial charge in [0.05, 0.1) is 13.5 Å². The third kappa shape index (κ3) is 5.12. The van der Waals surface area contributed by atoms with Crippen molar-refractivity contribution in [1.82, 2.24) is 0 Å². The molecule has 0 aliphatic carbocycles. The molecule has 0 aromatic heterocycles. The average Bonchev–Trinajstić information content (AvgIpc) is 2.54. The molecule has 24 heavy (non-hydrogen) atoms. The van der Waals surface area contributed by atoms with Crippen molar-refractivity contribution in [3.63, 3.8) is 0 Å². The first-order valence-corrected chi connectivity index (χ1v) is 7.72. The van der Waals surface area contributed by atoms with Crippen molar-refractivity contribution in [3.05, 3.63) is 59.7 Å². The number of carboxylic acid groups (broad SMARTS) is 1. The van der Waals surface area contributed by atoms with Crippen LogP contribution in [0.4, 0.5) is 5.69 Å². The highest BCUT2D eigenvalue weighted by Crippen LogP contribution is 2.23. The number of carboxylic acids is 1. The Morgan fingerprint density at radius 3 is 2.62 bits per heavy atom. The van der Waals surface area contributed by atoms with Crippen molar-refractivity contribution in [2.24, 2.45) is 0 Å². The van der Waals surface area contributed by atoms with E-state index in [0.29, 0.717) is 17.7 Å². The molecule has 126 valence electrons. The van der Waals surface area contributed by atoms with Gasteiger partial charge in [-0.25, -0.2) is 0 Å². The molecule has 2 N–H and O–H groups in total. The molecule has 2 aromatic rings. The van der Waals surface area contributed by atoms with Crippen molar-refractivity contribution in [2.45, 2.75) is 25.7 Å². The lowest BCUT2D eigenvalue weighted by Crippen LogP contribution is -2.14. The van der Waals surface area contributed by atoms with Crippen LogP contribution in [0.25, 0.3) is 0 Å². The SMILES string of the molecule is COc1cccc(C(C)CC(=O)Nc2cccc(CC(=O)O)c2)c1. The molecule has 0 heterocycles. The minimum Gasteiger partial charge on any atom is -0.497 e. The summed E-state index contributed by atoms with van der Waals surface area (Å²) in [4.78, 5) is 23.0. The minimum atomic E-state index is -0.898. The molecule has 5 heteroatoms. The molecule has 2 aromatic carbocycles. The summed E-state index contributed by atoms with van der Waals surface area (Å²) in [6.45, 7) is 1.98. The first kappa shape index (κ1) is 17.5. The van der Waals surface area contributed by atoms with Crippen molar-refractivity contribution in [3.8, 4) is 5.75 Å². The third-order valence-electron chi connectivity index (χ3n) is 3.72. The number of rotatable bonds is 7. The summed E-state index contributed by atoms with van der Waals surface area (Å²) in [6.07, 6.45) is 0.264. The van der Waals surface area contributed by atoms with E-state index in [9.17, 15) is 9.59 Å². The zero-order valence-electron chi connectivity index (χ0n) is 13.8. The van der Waals surface area contributed by atoms with E-state index in [-0.39, 0.29) is 18.2 Å². The summed E-state index contributed by atoms with van der Waals surface area (Å²) < 4.78 is 5.20. The average molecular weight is 327 g/mol. The zero-order valence-corrected chi connectivity index (χ0v) is 13.8. The van der Waals surface area contributed by atoms with E-state index in [0.717, 1.165) is 11.3 Å². The molecule has 0 bridgehead atoms. The van der Waals surface area contributed by atoms with Crippen LogP contribution >= 0.6 is 0 Å². The van der Waals surface area contributed by atoms with Crippen molar-refractivity contribution in [2.75, 3.05) is 12.4 Å². The highest BCUT2D eigenvalue weighted by molar-refractivity contribution is 5.91. The predicted molar refractivity (Wildman–Crippen MR) is 92.4 cm³/mol. The monoisotopic (exact) mass is 327 g/mol. The Morgan fingerprint density at radius 2 is 1.92 bits per heavy atom. The van der Waals surface area contributed by atoms with Gasteiger partial charge >= 0.3 is 5.97 Å². The number of anilines is 1. The highest BCUT2D eigenvalue weighted by atomic mass is 16.5. The van der Waals surface area contributed by atoms with E-state index in [1.165, 1.54) is 0 Å². The van der Waals surface area contributed by atoms with Crippen molar-refractivity contribution < 1.29 is 19.4 Å². The molecular weight excluding hydrogens is 306 g/mol. The summed E-state index contributed by atoms with van der Waals surface area (Å²) in [5, 5.41) is 11.7. The number of ether oxygens (including phenoxy) is 1. The van der Waals surface area contributed by atoms with Gasteiger partial charge in [0.25, 0.3) is 0 Å². The molecule has 0 radical (unpaired) electrons. The Bertz CT molecular complexity index is 727. The lowest BCUT2D eigenvalue weighted by molar-refractivity contribution is -0.136. The Balaban J connectivity index is 1.98. The molecule has 1 unspecified atom stereocenters. The molecule has 1 atom stereocenters. The first-order valence-electron chi connectivity index (χ1n) is 7.72. The first-order chi connectivity index (χ1) is 11.5. The van der Waals surface area contributed by atoms with Crippen LogP contribution in [-0.2, 0) is 16.0 Å². The Morgan fingerprint density at radius 1 is 1.17 bits per heavy atom. The standard InChI is InChI=1S/C19H21NO4/c1-13(15-6-4-8-17(12-15)24-2)9-18(21)20-16-7-3-5-14(10-16)11-19(22)23/h3-8,10,12-13H,9,11H2,1-2H3,(H,20,21)(H,22,23). The molecule has 0 aliphatic heterocycles. The lowest BCUT2D eigenvalue weighted by Gasteiger charge is -2.13. The molecule has 0 fully saturated rings. The Labute approximate surface area is 141 Å². The summed E-state index contributed by atoms with van der Waals surface area (Å²) in [5.74, 6) is -0.202. The van der Waals surface area contributed by atoms with Crippen LogP contribution in [0.2, 0.25) is 0 Å². The van der Waals surface area contributed by atoms with Gasteiger partial charge in [-0.2, -0.15) is 0 Å². The van der Waals surface area contributed by atoms with Crippen LogP contribution in [-0.4, -0.2) is 24.1 Å². The predicted octanol–water partition coefficient (Wildman–Crippen LogP) is 3.45. The molecular formula is C19H21NO4. The van der Waals surface area contributed by atoms with Gasteiger partial charge in [0, 0.05) is 12.1 Å². The number of amides is 1. The summed E-state index contributed by atoms with van der Waals surface area (Å²) in [5.41, 5.74) is 2.29. The number of aliphatic carboxylic acids is 1. The van der Waals surface area contributed by atoms with Crippen LogP contribution in [0, 0.1) is 0 Å². The molecule has 0 aliphatic rings.